The highest BCUT2D eigenvalue weighted by atomic mass is 32.2. The van der Waals surface area contributed by atoms with Gasteiger partial charge in [-0.25, -0.2) is 12.7 Å². The zero-order valence-electron chi connectivity index (χ0n) is 13.0. The van der Waals surface area contributed by atoms with Gasteiger partial charge in [0.1, 0.15) is 0 Å². The van der Waals surface area contributed by atoms with Gasteiger partial charge in [0.05, 0.1) is 16.3 Å². The van der Waals surface area contributed by atoms with Crippen LogP contribution in [-0.4, -0.2) is 32.9 Å². The van der Waals surface area contributed by atoms with Crippen molar-refractivity contribution in [1.82, 2.24) is 4.31 Å². The van der Waals surface area contributed by atoms with Gasteiger partial charge >= 0.3 is 0 Å². The first kappa shape index (κ1) is 16.1. The second kappa shape index (κ2) is 6.23. The van der Waals surface area contributed by atoms with Gasteiger partial charge in [-0.05, 0) is 37.0 Å². The average Bonchev–Trinajstić information content (AvgIpc) is 2.41. The van der Waals surface area contributed by atoms with Crippen LogP contribution in [0.5, 0.6) is 0 Å². The molecule has 1 aromatic rings. The smallest absolute Gasteiger partial charge is 0.242 e. The van der Waals surface area contributed by atoms with Gasteiger partial charge in [-0.15, -0.1) is 0 Å². The van der Waals surface area contributed by atoms with Crippen molar-refractivity contribution in [2.75, 3.05) is 25.1 Å². The third-order valence-corrected chi connectivity index (χ3v) is 5.91. The summed E-state index contributed by atoms with van der Waals surface area (Å²) in [4.78, 5) is 0.271. The highest BCUT2D eigenvalue weighted by Crippen LogP contribution is 2.30. The predicted octanol–water partition coefficient (Wildman–Crippen LogP) is 2.51. The average molecular weight is 311 g/mol. The number of hydrogen-bond donors (Lipinski definition) is 2. The molecule has 1 fully saturated rings. The lowest BCUT2D eigenvalue weighted by atomic mass is 9.87. The maximum atomic E-state index is 12.2. The van der Waals surface area contributed by atoms with Crippen molar-refractivity contribution >= 4 is 21.4 Å². The molecule has 0 spiro atoms. The summed E-state index contributed by atoms with van der Waals surface area (Å²) < 4.78 is 25.6. The van der Waals surface area contributed by atoms with E-state index in [2.05, 4.69) is 12.2 Å². The third kappa shape index (κ3) is 3.68. The molecule has 1 aliphatic carbocycles. The lowest BCUT2D eigenvalue weighted by Gasteiger charge is -2.29. The van der Waals surface area contributed by atoms with Gasteiger partial charge in [0.25, 0.3) is 0 Å². The summed E-state index contributed by atoms with van der Waals surface area (Å²) in [6.45, 7) is 2.25. The largest absolute Gasteiger partial charge is 0.397 e. The van der Waals surface area contributed by atoms with Crippen LogP contribution in [0.3, 0.4) is 0 Å². The van der Waals surface area contributed by atoms with Crippen molar-refractivity contribution in [3.05, 3.63) is 18.2 Å². The van der Waals surface area contributed by atoms with E-state index in [4.69, 9.17) is 5.73 Å². The van der Waals surface area contributed by atoms with Crippen LogP contribution in [0.4, 0.5) is 11.4 Å². The molecule has 0 amide bonds. The third-order valence-electron chi connectivity index (χ3n) is 4.10. The molecule has 0 radical (unpaired) electrons. The molecule has 2 atom stereocenters. The topological polar surface area (TPSA) is 75.4 Å². The number of benzene rings is 1. The molecule has 0 aromatic heterocycles. The summed E-state index contributed by atoms with van der Waals surface area (Å²) in [7, 11) is -0.371. The van der Waals surface area contributed by atoms with Gasteiger partial charge in [-0.1, -0.05) is 19.8 Å². The number of hydrogen-bond acceptors (Lipinski definition) is 4. The predicted molar refractivity (Wildman–Crippen MR) is 86.8 cm³/mol. The van der Waals surface area contributed by atoms with Crippen molar-refractivity contribution < 1.29 is 8.42 Å². The SMILES string of the molecule is CC1CCCC(Nc2cc(S(=O)(=O)N(C)C)ccc2N)C1. The highest BCUT2D eigenvalue weighted by Gasteiger charge is 2.21. The number of nitrogens with one attached hydrogen (secondary N) is 1. The van der Waals surface area contributed by atoms with Crippen LogP contribution in [0.1, 0.15) is 32.6 Å². The van der Waals surface area contributed by atoms with E-state index in [0.717, 1.165) is 18.5 Å². The van der Waals surface area contributed by atoms with E-state index in [0.29, 0.717) is 17.6 Å². The molecule has 1 saturated carbocycles. The van der Waals surface area contributed by atoms with E-state index in [1.54, 1.807) is 18.2 Å². The minimum Gasteiger partial charge on any atom is -0.397 e. The van der Waals surface area contributed by atoms with Crippen LogP contribution in [0, 0.1) is 5.92 Å². The Kier molecular flexibility index (Phi) is 4.78. The van der Waals surface area contributed by atoms with Crippen molar-refractivity contribution in [2.45, 2.75) is 43.5 Å². The highest BCUT2D eigenvalue weighted by molar-refractivity contribution is 7.89. The van der Waals surface area contributed by atoms with Crippen LogP contribution < -0.4 is 11.1 Å². The van der Waals surface area contributed by atoms with E-state index in [9.17, 15) is 8.42 Å². The first-order valence-corrected chi connectivity index (χ1v) is 8.83. The first-order valence-electron chi connectivity index (χ1n) is 7.39. The van der Waals surface area contributed by atoms with Gasteiger partial charge < -0.3 is 11.1 Å². The van der Waals surface area contributed by atoms with Gasteiger partial charge in [0, 0.05) is 20.1 Å². The number of sulfonamides is 1. The molecule has 5 nitrogen and oxygen atoms in total. The fourth-order valence-electron chi connectivity index (χ4n) is 2.82. The summed E-state index contributed by atoms with van der Waals surface area (Å²) in [5, 5.41) is 3.42. The quantitative estimate of drug-likeness (QED) is 0.838. The van der Waals surface area contributed by atoms with Crippen LogP contribution in [0.2, 0.25) is 0 Å². The molecule has 3 N–H and O–H groups in total. The molecule has 6 heteroatoms. The van der Waals surface area contributed by atoms with Crippen molar-refractivity contribution in [1.29, 1.82) is 0 Å². The van der Waals surface area contributed by atoms with Crippen molar-refractivity contribution in [3.8, 4) is 0 Å². The standard InChI is InChI=1S/C15H25N3O2S/c1-11-5-4-6-12(9-11)17-15-10-13(7-8-14(15)16)21(19,20)18(2)3/h7-8,10-12,17H,4-6,9,16H2,1-3H3. The maximum absolute atomic E-state index is 12.2. The van der Waals surface area contributed by atoms with Crippen LogP contribution in [0.15, 0.2) is 23.1 Å². The molecular formula is C15H25N3O2S. The number of nitrogen functional groups attached to an aromatic ring is 1. The Morgan fingerprint density at radius 1 is 1.29 bits per heavy atom. The lowest BCUT2D eigenvalue weighted by Crippen LogP contribution is -2.27. The zero-order valence-corrected chi connectivity index (χ0v) is 13.8. The van der Waals surface area contributed by atoms with Crippen LogP contribution in [0.25, 0.3) is 0 Å². The fraction of sp³-hybridized carbons (Fsp3) is 0.600. The molecule has 2 unspecified atom stereocenters. The summed E-state index contributed by atoms with van der Waals surface area (Å²) in [6, 6.07) is 5.22. The fourth-order valence-corrected chi connectivity index (χ4v) is 3.75. The van der Waals surface area contributed by atoms with E-state index >= 15 is 0 Å². The summed E-state index contributed by atoms with van der Waals surface area (Å²) in [5.74, 6) is 0.700. The Morgan fingerprint density at radius 2 is 2.00 bits per heavy atom. The Bertz CT molecular complexity index is 599. The lowest BCUT2D eigenvalue weighted by molar-refractivity contribution is 0.358. The molecule has 0 bridgehead atoms. The minimum absolute atomic E-state index is 0.271. The Labute approximate surface area is 127 Å². The second-order valence-electron chi connectivity index (χ2n) is 6.15. The number of anilines is 2. The van der Waals surface area contributed by atoms with Crippen molar-refractivity contribution in [2.24, 2.45) is 5.92 Å². The molecule has 1 aliphatic rings. The van der Waals surface area contributed by atoms with Gasteiger partial charge in [-0.2, -0.15) is 0 Å². The Balaban J connectivity index is 2.24. The number of rotatable bonds is 4. The first-order chi connectivity index (χ1) is 9.80. The Hall–Kier alpha value is -1.27. The summed E-state index contributed by atoms with van der Waals surface area (Å²) in [5.41, 5.74) is 7.30. The molecule has 118 valence electrons. The minimum atomic E-state index is -3.43. The maximum Gasteiger partial charge on any atom is 0.242 e. The normalized spacial score (nSPS) is 23.2. The van der Waals surface area contributed by atoms with Gasteiger partial charge in [0.2, 0.25) is 10.0 Å². The summed E-state index contributed by atoms with van der Waals surface area (Å²) in [6.07, 6.45) is 4.68. The van der Waals surface area contributed by atoms with Gasteiger partial charge in [-0.3, -0.25) is 0 Å². The van der Waals surface area contributed by atoms with Crippen LogP contribution >= 0.6 is 0 Å². The van der Waals surface area contributed by atoms with E-state index in [1.165, 1.54) is 31.2 Å². The van der Waals surface area contributed by atoms with E-state index in [1.807, 2.05) is 0 Å². The molecule has 21 heavy (non-hydrogen) atoms. The van der Waals surface area contributed by atoms with Gasteiger partial charge in [0.15, 0.2) is 0 Å². The second-order valence-corrected chi connectivity index (χ2v) is 8.30. The molecular weight excluding hydrogens is 286 g/mol. The monoisotopic (exact) mass is 311 g/mol. The van der Waals surface area contributed by atoms with E-state index in [-0.39, 0.29) is 4.90 Å². The number of nitrogens with two attached hydrogens (primary N) is 1. The molecule has 0 saturated heterocycles. The number of nitrogens with zero attached hydrogens (tertiary/aromatic N) is 1. The zero-order chi connectivity index (χ0) is 15.6. The summed E-state index contributed by atoms with van der Waals surface area (Å²) >= 11 is 0. The van der Waals surface area contributed by atoms with Crippen LogP contribution in [-0.2, 0) is 10.0 Å². The molecule has 1 aromatic carbocycles. The molecule has 0 aliphatic heterocycles. The van der Waals surface area contributed by atoms with E-state index < -0.39 is 10.0 Å². The van der Waals surface area contributed by atoms with Crippen molar-refractivity contribution in [3.63, 3.8) is 0 Å². The molecule has 0 heterocycles. The Morgan fingerprint density at radius 3 is 2.62 bits per heavy atom. The molecule has 2 rings (SSSR count).